The van der Waals surface area contributed by atoms with Crippen LogP contribution in [0.4, 0.5) is 5.69 Å². The van der Waals surface area contributed by atoms with Gasteiger partial charge in [-0.2, -0.15) is 0 Å². The van der Waals surface area contributed by atoms with Crippen LogP contribution in [0.25, 0.3) is 0 Å². The highest BCUT2D eigenvalue weighted by molar-refractivity contribution is 7.80. The fourth-order valence-corrected chi connectivity index (χ4v) is 6.29. The quantitative estimate of drug-likeness (QED) is 0.195. The molecule has 0 radical (unpaired) electrons. The van der Waals surface area contributed by atoms with Gasteiger partial charge in [0.05, 0.1) is 0 Å². The molecule has 0 aromatic heterocycles. The second-order valence-electron chi connectivity index (χ2n) is 7.72. The zero-order chi connectivity index (χ0) is 22.0. The third-order valence-corrected chi connectivity index (χ3v) is 7.87. The summed E-state index contributed by atoms with van der Waals surface area (Å²) in [6.45, 7) is 1.80. The average molecular weight is 437 g/mol. The highest BCUT2D eigenvalue weighted by atomic mass is 31.1. The molecular weight excluding hydrogens is 407 g/mol. The molecule has 0 aliphatic rings. The summed E-state index contributed by atoms with van der Waals surface area (Å²) in [5.74, 6) is 0. The highest BCUT2D eigenvalue weighted by Gasteiger charge is 2.20. The van der Waals surface area contributed by atoms with Crippen molar-refractivity contribution in [3.05, 3.63) is 121 Å². The van der Waals surface area contributed by atoms with Gasteiger partial charge in [-0.1, -0.05) is 109 Å². The zero-order valence-electron chi connectivity index (χ0n) is 18.5. The van der Waals surface area contributed by atoms with Gasteiger partial charge in [0.15, 0.2) is 0 Å². The van der Waals surface area contributed by atoms with Gasteiger partial charge in [0.25, 0.3) is 0 Å². The van der Waals surface area contributed by atoms with Gasteiger partial charge in [-0.05, 0) is 36.6 Å². The number of nitrogens with zero attached hydrogens (tertiary/aromatic N) is 2. The van der Waals surface area contributed by atoms with Crippen LogP contribution in [-0.4, -0.2) is 26.4 Å². The Hall–Kier alpha value is -3.22. The zero-order valence-corrected chi connectivity index (χ0v) is 19.4. The van der Waals surface area contributed by atoms with E-state index < -0.39 is 7.92 Å². The highest BCUT2D eigenvalue weighted by Crippen LogP contribution is 2.36. The van der Waals surface area contributed by atoms with Gasteiger partial charge in [-0.15, -0.1) is 0 Å². The van der Waals surface area contributed by atoms with Crippen LogP contribution in [0.2, 0.25) is 0 Å². The van der Waals surface area contributed by atoms with Crippen LogP contribution in [0, 0.1) is 0 Å². The van der Waals surface area contributed by atoms with E-state index in [1.165, 1.54) is 21.6 Å². The smallest absolute Gasteiger partial charge is 0.0448 e. The lowest BCUT2D eigenvalue weighted by Crippen LogP contribution is -2.28. The first-order chi connectivity index (χ1) is 15.8. The molecule has 32 heavy (non-hydrogen) atoms. The Morgan fingerprint density at radius 3 is 1.84 bits per heavy atom. The molecule has 0 saturated heterocycles. The Kier molecular flexibility index (Phi) is 7.84. The molecule has 0 heterocycles. The molecule has 4 aromatic carbocycles. The van der Waals surface area contributed by atoms with Crippen LogP contribution in [0.15, 0.2) is 120 Å². The Morgan fingerprint density at radius 1 is 0.688 bits per heavy atom. The molecule has 2 nitrogen and oxygen atoms in total. The normalized spacial score (nSPS) is 11.2. The van der Waals surface area contributed by atoms with E-state index in [0.29, 0.717) is 0 Å². The summed E-state index contributed by atoms with van der Waals surface area (Å²) < 4.78 is 0. The Bertz CT molecular complexity index is 1070. The van der Waals surface area contributed by atoms with Crippen molar-refractivity contribution >= 4 is 35.7 Å². The standard InChI is InChI=1S/C29H29N2P/c1-31(23-13-22-30-24-25-14-5-2-6-15-25)28-20-11-12-21-29(28)32(26-16-7-3-8-17-26)27-18-9-4-10-19-27/h2-12,14-21,24H,13,22-23H2,1H3. The molecule has 0 fully saturated rings. The number of para-hydroxylation sites is 1. The summed E-state index contributed by atoms with van der Waals surface area (Å²) in [4.78, 5) is 7.00. The van der Waals surface area contributed by atoms with Crippen molar-refractivity contribution in [3.63, 3.8) is 0 Å². The second kappa shape index (κ2) is 11.4. The van der Waals surface area contributed by atoms with E-state index >= 15 is 0 Å². The van der Waals surface area contributed by atoms with Crippen molar-refractivity contribution in [3.8, 4) is 0 Å². The number of hydrogen-bond donors (Lipinski definition) is 0. The summed E-state index contributed by atoms with van der Waals surface area (Å²) in [6.07, 6.45) is 2.99. The summed E-state index contributed by atoms with van der Waals surface area (Å²) in [5, 5.41) is 4.15. The van der Waals surface area contributed by atoms with Gasteiger partial charge in [0.1, 0.15) is 0 Å². The van der Waals surface area contributed by atoms with Crippen molar-refractivity contribution < 1.29 is 0 Å². The minimum Gasteiger partial charge on any atom is -0.374 e. The molecule has 0 N–H and O–H groups in total. The van der Waals surface area contributed by atoms with Gasteiger partial charge in [0.2, 0.25) is 0 Å². The van der Waals surface area contributed by atoms with Crippen LogP contribution in [0.3, 0.4) is 0 Å². The van der Waals surface area contributed by atoms with E-state index in [1.807, 2.05) is 24.4 Å². The molecule has 0 saturated carbocycles. The molecule has 0 bridgehead atoms. The van der Waals surface area contributed by atoms with Crippen molar-refractivity contribution in [1.82, 2.24) is 0 Å². The van der Waals surface area contributed by atoms with E-state index in [4.69, 9.17) is 0 Å². The van der Waals surface area contributed by atoms with Gasteiger partial charge in [-0.3, -0.25) is 4.99 Å². The van der Waals surface area contributed by atoms with Crippen molar-refractivity contribution in [2.24, 2.45) is 4.99 Å². The number of benzene rings is 4. The summed E-state index contributed by atoms with van der Waals surface area (Å²) in [7, 11) is 1.58. The van der Waals surface area contributed by atoms with E-state index in [1.54, 1.807) is 0 Å². The third-order valence-electron chi connectivity index (χ3n) is 5.38. The van der Waals surface area contributed by atoms with Crippen LogP contribution in [0.5, 0.6) is 0 Å². The van der Waals surface area contributed by atoms with Gasteiger partial charge >= 0.3 is 0 Å². The first-order valence-electron chi connectivity index (χ1n) is 11.1. The molecule has 0 aliphatic heterocycles. The van der Waals surface area contributed by atoms with E-state index in [-0.39, 0.29) is 0 Å². The molecule has 4 rings (SSSR count). The van der Waals surface area contributed by atoms with E-state index in [9.17, 15) is 0 Å². The monoisotopic (exact) mass is 436 g/mol. The number of rotatable bonds is 9. The molecule has 0 spiro atoms. The maximum absolute atomic E-state index is 4.61. The van der Waals surface area contributed by atoms with Crippen LogP contribution in [0.1, 0.15) is 12.0 Å². The maximum Gasteiger partial charge on any atom is 0.0448 e. The molecule has 4 aromatic rings. The lowest BCUT2D eigenvalue weighted by Gasteiger charge is -2.27. The first-order valence-corrected chi connectivity index (χ1v) is 12.4. The lowest BCUT2D eigenvalue weighted by atomic mass is 10.2. The topological polar surface area (TPSA) is 15.6 Å². The number of anilines is 1. The third kappa shape index (κ3) is 5.72. The molecule has 160 valence electrons. The number of aliphatic imine (C=N–C) groups is 1. The predicted molar refractivity (Wildman–Crippen MR) is 142 cm³/mol. The summed E-state index contributed by atoms with van der Waals surface area (Å²) in [5.41, 5.74) is 2.46. The summed E-state index contributed by atoms with van der Waals surface area (Å²) >= 11 is 0. The Morgan fingerprint density at radius 2 is 1.22 bits per heavy atom. The predicted octanol–water partition coefficient (Wildman–Crippen LogP) is 5.39. The Labute approximate surface area is 193 Å². The van der Waals surface area contributed by atoms with E-state index in [2.05, 4.69) is 114 Å². The molecular formula is C29H29N2P. The average Bonchev–Trinajstić information content (AvgIpc) is 2.86. The fraction of sp³-hybridized carbons (Fsp3) is 0.138. The van der Waals surface area contributed by atoms with Crippen molar-refractivity contribution in [2.45, 2.75) is 6.42 Å². The van der Waals surface area contributed by atoms with Gasteiger partial charge < -0.3 is 4.90 Å². The minimum atomic E-state index is -0.623. The maximum atomic E-state index is 4.61. The first kappa shape index (κ1) is 22.0. The molecule has 0 atom stereocenters. The number of hydrogen-bond acceptors (Lipinski definition) is 2. The van der Waals surface area contributed by atoms with Crippen molar-refractivity contribution in [2.75, 3.05) is 25.0 Å². The van der Waals surface area contributed by atoms with E-state index in [0.717, 1.165) is 25.1 Å². The molecule has 0 unspecified atom stereocenters. The fourth-order valence-electron chi connectivity index (χ4n) is 3.79. The second-order valence-corrected chi connectivity index (χ2v) is 9.90. The summed E-state index contributed by atoms with van der Waals surface area (Å²) in [6, 6.07) is 40.9. The van der Waals surface area contributed by atoms with Crippen molar-refractivity contribution in [1.29, 1.82) is 0 Å². The minimum absolute atomic E-state index is 0.623. The molecule has 3 heteroatoms. The lowest BCUT2D eigenvalue weighted by molar-refractivity contribution is 0.799. The molecule has 0 amide bonds. The van der Waals surface area contributed by atoms with Crippen LogP contribution < -0.4 is 20.8 Å². The SMILES string of the molecule is CN(CCCN=Cc1ccccc1)c1ccccc1P(c1ccccc1)c1ccccc1. The van der Waals surface area contributed by atoms with Crippen LogP contribution >= 0.6 is 7.92 Å². The Balaban J connectivity index is 1.52. The largest absolute Gasteiger partial charge is 0.374 e. The van der Waals surface area contributed by atoms with Crippen LogP contribution in [-0.2, 0) is 0 Å². The van der Waals surface area contributed by atoms with Gasteiger partial charge in [0, 0.05) is 37.3 Å². The molecule has 0 aliphatic carbocycles. The van der Waals surface area contributed by atoms with Gasteiger partial charge in [-0.25, -0.2) is 0 Å².